The van der Waals surface area contributed by atoms with Crippen molar-refractivity contribution < 1.29 is 17.9 Å². The van der Waals surface area contributed by atoms with Crippen molar-refractivity contribution in [1.29, 1.82) is 0 Å². The summed E-state index contributed by atoms with van der Waals surface area (Å²) >= 11 is 5.88. The summed E-state index contributed by atoms with van der Waals surface area (Å²) in [6.07, 6.45) is 3.08. The van der Waals surface area contributed by atoms with Crippen molar-refractivity contribution in [2.45, 2.75) is 23.8 Å². The van der Waals surface area contributed by atoms with Crippen LogP contribution in [0.2, 0.25) is 5.02 Å². The topological polar surface area (TPSA) is 109 Å². The second kappa shape index (κ2) is 8.93. The number of H-pyrrole nitrogens is 1. The van der Waals surface area contributed by atoms with Gasteiger partial charge in [0.25, 0.3) is 15.9 Å². The zero-order valence-electron chi connectivity index (χ0n) is 17.3. The first-order valence-corrected chi connectivity index (χ1v) is 11.9. The van der Waals surface area contributed by atoms with Gasteiger partial charge in [0.2, 0.25) is 5.43 Å². The highest BCUT2D eigenvalue weighted by Gasteiger charge is 2.23. The summed E-state index contributed by atoms with van der Waals surface area (Å²) in [6.45, 7) is 0.982. The average Bonchev–Trinajstić information content (AvgIpc) is 3.31. The van der Waals surface area contributed by atoms with Gasteiger partial charge in [-0.25, -0.2) is 8.42 Å². The van der Waals surface area contributed by atoms with E-state index in [-0.39, 0.29) is 21.9 Å². The number of benzene rings is 2. The summed E-state index contributed by atoms with van der Waals surface area (Å²) < 4.78 is 32.8. The molecule has 0 saturated carbocycles. The molecule has 1 amide bonds. The normalized spacial score (nSPS) is 16.2. The van der Waals surface area contributed by atoms with Gasteiger partial charge in [-0.05, 0) is 55.3 Å². The standard InChI is InChI=1S/C22H22ClN3O5S/c1-26(15-6-4-14(23)5-7-15)32(29,30)17-8-9-20-18(11-17)21(27)19(13-24-20)22(28)25-12-16-3-2-10-31-16/h4-9,11,13,16H,2-3,10,12H2,1H3,(H,24,27)(H,25,28)/t16-/m0/s1. The summed E-state index contributed by atoms with van der Waals surface area (Å²) in [4.78, 5) is 28.4. The van der Waals surface area contributed by atoms with Crippen LogP contribution in [0.3, 0.4) is 0 Å². The lowest BCUT2D eigenvalue weighted by Gasteiger charge is -2.19. The van der Waals surface area contributed by atoms with E-state index in [4.69, 9.17) is 16.3 Å². The second-order valence-electron chi connectivity index (χ2n) is 7.53. The van der Waals surface area contributed by atoms with Crippen molar-refractivity contribution in [3.05, 3.63) is 69.5 Å². The Morgan fingerprint density at radius 2 is 2.00 bits per heavy atom. The summed E-state index contributed by atoms with van der Waals surface area (Å²) in [7, 11) is -2.53. The van der Waals surface area contributed by atoms with Crippen LogP contribution in [0, 0.1) is 0 Å². The molecule has 10 heteroatoms. The van der Waals surface area contributed by atoms with Crippen LogP contribution in [0.25, 0.3) is 10.9 Å². The SMILES string of the molecule is CN(c1ccc(Cl)cc1)S(=O)(=O)c1ccc2[nH]cc(C(=O)NC[C@@H]3CCCO3)c(=O)c2c1. The molecular weight excluding hydrogens is 454 g/mol. The van der Waals surface area contributed by atoms with Crippen molar-refractivity contribution in [3.63, 3.8) is 0 Å². The number of nitrogens with one attached hydrogen (secondary N) is 2. The lowest BCUT2D eigenvalue weighted by atomic mass is 10.1. The summed E-state index contributed by atoms with van der Waals surface area (Å²) in [5, 5.41) is 3.31. The smallest absolute Gasteiger partial charge is 0.264 e. The number of carbonyl (C=O) groups excluding carboxylic acids is 1. The molecule has 8 nitrogen and oxygen atoms in total. The summed E-state index contributed by atoms with van der Waals surface area (Å²) in [5.74, 6) is -0.532. The number of aromatic amines is 1. The Bertz CT molecular complexity index is 1320. The van der Waals surface area contributed by atoms with Gasteiger partial charge < -0.3 is 15.0 Å². The maximum absolute atomic E-state index is 13.1. The van der Waals surface area contributed by atoms with Crippen LogP contribution in [0.4, 0.5) is 5.69 Å². The van der Waals surface area contributed by atoms with Gasteiger partial charge in [0.15, 0.2) is 0 Å². The zero-order valence-corrected chi connectivity index (χ0v) is 18.9. The van der Waals surface area contributed by atoms with Crippen LogP contribution in [-0.4, -0.2) is 45.6 Å². The minimum absolute atomic E-state index is 0.0568. The van der Waals surface area contributed by atoms with E-state index < -0.39 is 21.4 Å². The fraction of sp³-hybridized carbons (Fsp3) is 0.273. The van der Waals surface area contributed by atoms with E-state index in [0.717, 1.165) is 17.1 Å². The molecule has 2 aromatic carbocycles. The highest BCUT2D eigenvalue weighted by Crippen LogP contribution is 2.25. The minimum Gasteiger partial charge on any atom is -0.376 e. The van der Waals surface area contributed by atoms with E-state index in [1.165, 1.54) is 31.4 Å². The number of nitrogens with zero attached hydrogens (tertiary/aromatic N) is 1. The summed E-state index contributed by atoms with van der Waals surface area (Å²) in [6, 6.07) is 10.6. The van der Waals surface area contributed by atoms with Gasteiger partial charge in [-0.1, -0.05) is 11.6 Å². The molecule has 2 heterocycles. The number of aromatic nitrogens is 1. The van der Waals surface area contributed by atoms with Gasteiger partial charge in [-0.15, -0.1) is 0 Å². The number of fused-ring (bicyclic) bond motifs is 1. The molecule has 1 saturated heterocycles. The van der Waals surface area contributed by atoms with Crippen LogP contribution >= 0.6 is 11.6 Å². The first-order valence-electron chi connectivity index (χ1n) is 10.1. The molecule has 1 atom stereocenters. The largest absolute Gasteiger partial charge is 0.376 e. The molecule has 1 aliphatic heterocycles. The second-order valence-corrected chi connectivity index (χ2v) is 9.94. The molecule has 3 aromatic rings. The highest BCUT2D eigenvalue weighted by atomic mass is 35.5. The van der Waals surface area contributed by atoms with E-state index in [1.807, 2.05) is 0 Å². The number of hydrogen-bond donors (Lipinski definition) is 2. The van der Waals surface area contributed by atoms with Crippen LogP contribution in [0.15, 0.2) is 58.4 Å². The van der Waals surface area contributed by atoms with Gasteiger partial charge in [0.05, 0.1) is 16.7 Å². The quantitative estimate of drug-likeness (QED) is 0.569. The van der Waals surface area contributed by atoms with Crippen molar-refractivity contribution in [1.82, 2.24) is 10.3 Å². The van der Waals surface area contributed by atoms with Crippen LogP contribution in [-0.2, 0) is 14.8 Å². The predicted octanol–water partition coefficient (Wildman–Crippen LogP) is 2.92. The molecule has 4 rings (SSSR count). The number of hydrogen-bond acceptors (Lipinski definition) is 5. The predicted molar refractivity (Wildman–Crippen MR) is 123 cm³/mol. The van der Waals surface area contributed by atoms with Gasteiger partial charge in [-0.3, -0.25) is 13.9 Å². The van der Waals surface area contributed by atoms with E-state index >= 15 is 0 Å². The van der Waals surface area contributed by atoms with Crippen molar-refractivity contribution in [2.75, 3.05) is 24.5 Å². The molecule has 1 aliphatic rings. The molecule has 2 N–H and O–H groups in total. The molecule has 0 aliphatic carbocycles. The molecule has 0 spiro atoms. The molecule has 1 aromatic heterocycles. The number of halogens is 1. The first-order chi connectivity index (χ1) is 15.3. The molecule has 168 valence electrons. The molecule has 0 bridgehead atoms. The number of carbonyl (C=O) groups is 1. The van der Waals surface area contributed by atoms with Crippen LogP contribution in [0.1, 0.15) is 23.2 Å². The monoisotopic (exact) mass is 475 g/mol. The fourth-order valence-corrected chi connectivity index (χ4v) is 4.93. The first kappa shape index (κ1) is 22.3. The third kappa shape index (κ3) is 4.36. The van der Waals surface area contributed by atoms with Crippen molar-refractivity contribution in [3.8, 4) is 0 Å². The molecular formula is C22H22ClN3O5S. The molecule has 32 heavy (non-hydrogen) atoms. The molecule has 0 radical (unpaired) electrons. The van der Waals surface area contributed by atoms with Gasteiger partial charge >= 0.3 is 0 Å². The number of anilines is 1. The summed E-state index contributed by atoms with van der Waals surface area (Å²) in [5.41, 5.74) is 0.218. The number of pyridine rings is 1. The Kier molecular flexibility index (Phi) is 6.23. The number of sulfonamides is 1. The van der Waals surface area contributed by atoms with Crippen LogP contribution < -0.4 is 15.1 Å². The Balaban J connectivity index is 1.65. The molecule has 1 fully saturated rings. The van der Waals surface area contributed by atoms with Gasteiger partial charge in [0.1, 0.15) is 5.56 Å². The lowest BCUT2D eigenvalue weighted by molar-refractivity contribution is 0.0857. The third-order valence-corrected chi connectivity index (χ3v) is 7.49. The van der Waals surface area contributed by atoms with E-state index in [0.29, 0.717) is 29.4 Å². The van der Waals surface area contributed by atoms with E-state index in [1.54, 1.807) is 24.3 Å². The van der Waals surface area contributed by atoms with Crippen molar-refractivity contribution in [2.24, 2.45) is 0 Å². The Labute approximate surface area is 190 Å². The highest BCUT2D eigenvalue weighted by molar-refractivity contribution is 7.92. The fourth-order valence-electron chi connectivity index (χ4n) is 3.58. The maximum Gasteiger partial charge on any atom is 0.264 e. The molecule has 0 unspecified atom stereocenters. The Morgan fingerprint density at radius 1 is 1.25 bits per heavy atom. The number of rotatable bonds is 6. The minimum atomic E-state index is -3.95. The number of ether oxygens (including phenoxy) is 1. The maximum atomic E-state index is 13.1. The Morgan fingerprint density at radius 3 is 2.69 bits per heavy atom. The van der Waals surface area contributed by atoms with E-state index in [2.05, 4.69) is 10.3 Å². The third-order valence-electron chi connectivity index (χ3n) is 5.46. The van der Waals surface area contributed by atoms with Gasteiger partial charge in [-0.2, -0.15) is 0 Å². The average molecular weight is 476 g/mol. The lowest BCUT2D eigenvalue weighted by Crippen LogP contribution is -2.34. The van der Waals surface area contributed by atoms with Gasteiger partial charge in [0, 0.05) is 42.3 Å². The zero-order chi connectivity index (χ0) is 22.9. The number of amides is 1. The Hall–Kier alpha value is -2.88. The van der Waals surface area contributed by atoms with Crippen molar-refractivity contribution >= 4 is 44.1 Å². The van der Waals surface area contributed by atoms with Crippen LogP contribution in [0.5, 0.6) is 0 Å². The van der Waals surface area contributed by atoms with E-state index in [9.17, 15) is 18.0 Å².